The average Bonchev–Trinajstić information content (AvgIpc) is 2.44. The predicted octanol–water partition coefficient (Wildman–Crippen LogP) is 1.66. The minimum Gasteiger partial charge on any atom is -0.289 e. The Bertz CT molecular complexity index is 673. The average molecular weight is 269 g/mol. The Morgan fingerprint density at radius 2 is 1.95 bits per heavy atom. The fraction of sp³-hybridized carbons (Fsp3) is 0.267. The number of hydrazine groups is 1. The van der Waals surface area contributed by atoms with E-state index in [1.54, 1.807) is 16.1 Å². The summed E-state index contributed by atoms with van der Waals surface area (Å²) in [4.78, 5) is 29.3. The minimum absolute atomic E-state index is 0.0778. The molecule has 0 radical (unpaired) electrons. The summed E-state index contributed by atoms with van der Waals surface area (Å²) in [5.41, 5.74) is 1.83. The fourth-order valence-corrected chi connectivity index (χ4v) is 2.64. The zero-order chi connectivity index (χ0) is 14.4. The summed E-state index contributed by atoms with van der Waals surface area (Å²) in [6.07, 6.45) is 6.77. The number of carbonyl (C=O) groups excluding carboxylic acids is 2. The number of carbonyl (C=O) groups is 2. The second-order valence-corrected chi connectivity index (χ2v) is 5.16. The van der Waals surface area contributed by atoms with Crippen molar-refractivity contribution in [1.82, 2.24) is 15.0 Å². The molecule has 0 saturated heterocycles. The number of aromatic nitrogens is 1. The molecular weight excluding hydrogens is 254 g/mol. The van der Waals surface area contributed by atoms with E-state index in [1.807, 2.05) is 33.3 Å². The van der Waals surface area contributed by atoms with Crippen LogP contribution in [0.15, 0.2) is 42.0 Å². The molecule has 0 unspecified atom stereocenters. The van der Waals surface area contributed by atoms with E-state index < -0.39 is 0 Å². The number of hydrogen-bond acceptors (Lipinski definition) is 5. The van der Waals surface area contributed by atoms with Gasteiger partial charge < -0.3 is 0 Å². The minimum atomic E-state index is -0.123. The van der Waals surface area contributed by atoms with Gasteiger partial charge >= 0.3 is 0 Å². The molecule has 0 aromatic carbocycles. The summed E-state index contributed by atoms with van der Waals surface area (Å²) < 4.78 is 0. The quantitative estimate of drug-likeness (QED) is 0.776. The number of Topliss-reactive ketones (excluding diaryl/α,β-unsaturated/α-hetero) is 2. The molecule has 0 saturated carbocycles. The Morgan fingerprint density at radius 3 is 2.65 bits per heavy atom. The summed E-state index contributed by atoms with van der Waals surface area (Å²) in [6.45, 7) is 1.92. The largest absolute Gasteiger partial charge is 0.289 e. The molecule has 2 aliphatic rings. The summed E-state index contributed by atoms with van der Waals surface area (Å²) >= 11 is 0. The van der Waals surface area contributed by atoms with Crippen LogP contribution in [0.3, 0.4) is 0 Å². The van der Waals surface area contributed by atoms with Gasteiger partial charge in [0.25, 0.3) is 0 Å². The standard InChI is InChI=1S/C15H15N3O2/c1-9-5-7-18(17(2)3)13-12(9)14(19)11-8-16-6-4-10(11)15(13)20/h4-9H,1-3H3/t9-/m0/s1. The van der Waals surface area contributed by atoms with E-state index in [-0.39, 0.29) is 17.5 Å². The maximum Gasteiger partial charge on any atom is 0.212 e. The van der Waals surface area contributed by atoms with E-state index in [9.17, 15) is 9.59 Å². The van der Waals surface area contributed by atoms with Crippen molar-refractivity contribution < 1.29 is 9.59 Å². The number of ketones is 2. The van der Waals surface area contributed by atoms with Crippen LogP contribution < -0.4 is 0 Å². The number of nitrogens with zero attached hydrogens (tertiary/aromatic N) is 3. The lowest BCUT2D eigenvalue weighted by molar-refractivity contribution is 0.0782. The van der Waals surface area contributed by atoms with Gasteiger partial charge in [0.05, 0.1) is 5.56 Å². The first-order chi connectivity index (χ1) is 9.52. The van der Waals surface area contributed by atoms with Crippen LogP contribution in [0.25, 0.3) is 0 Å². The molecule has 1 aliphatic heterocycles. The lowest BCUT2D eigenvalue weighted by Crippen LogP contribution is -2.41. The molecule has 1 aliphatic carbocycles. The first-order valence-corrected chi connectivity index (χ1v) is 6.44. The van der Waals surface area contributed by atoms with Crippen LogP contribution in [0, 0.1) is 5.92 Å². The highest BCUT2D eigenvalue weighted by atomic mass is 16.1. The molecular formula is C15H15N3O2. The molecule has 1 atom stereocenters. The molecule has 3 rings (SSSR count). The molecule has 0 spiro atoms. The van der Waals surface area contributed by atoms with Crippen LogP contribution in [-0.4, -0.2) is 40.7 Å². The number of fused-ring (bicyclic) bond motifs is 1. The van der Waals surface area contributed by atoms with Gasteiger partial charge in [-0.15, -0.1) is 0 Å². The van der Waals surface area contributed by atoms with Crippen molar-refractivity contribution in [2.75, 3.05) is 14.1 Å². The molecule has 20 heavy (non-hydrogen) atoms. The summed E-state index contributed by atoms with van der Waals surface area (Å²) in [6, 6.07) is 1.61. The summed E-state index contributed by atoms with van der Waals surface area (Å²) in [5, 5.41) is 3.51. The second-order valence-electron chi connectivity index (χ2n) is 5.16. The Balaban J connectivity index is 2.24. The van der Waals surface area contributed by atoms with Gasteiger partial charge in [0.2, 0.25) is 5.78 Å². The van der Waals surface area contributed by atoms with E-state index in [0.717, 1.165) is 0 Å². The van der Waals surface area contributed by atoms with E-state index in [0.29, 0.717) is 22.4 Å². The zero-order valence-corrected chi connectivity index (χ0v) is 11.6. The van der Waals surface area contributed by atoms with Gasteiger partial charge in [0, 0.05) is 49.7 Å². The number of rotatable bonds is 1. The van der Waals surface area contributed by atoms with E-state index >= 15 is 0 Å². The number of allylic oxidation sites excluding steroid dienone is 3. The SMILES string of the molecule is C[C@H]1C=CN(N(C)C)C2=C1C(=O)c1cnccc1C2=O. The van der Waals surface area contributed by atoms with Crippen molar-refractivity contribution in [2.24, 2.45) is 5.92 Å². The highest BCUT2D eigenvalue weighted by molar-refractivity contribution is 6.27. The van der Waals surface area contributed by atoms with Crippen LogP contribution >= 0.6 is 0 Å². The highest BCUT2D eigenvalue weighted by Crippen LogP contribution is 2.35. The van der Waals surface area contributed by atoms with Gasteiger partial charge in [0.15, 0.2) is 5.78 Å². The van der Waals surface area contributed by atoms with E-state index in [1.165, 1.54) is 12.4 Å². The lowest BCUT2D eigenvalue weighted by Gasteiger charge is -2.36. The molecule has 5 nitrogen and oxygen atoms in total. The van der Waals surface area contributed by atoms with Crippen molar-refractivity contribution in [3.63, 3.8) is 0 Å². The number of hydrogen-bond donors (Lipinski definition) is 0. The Morgan fingerprint density at radius 1 is 1.20 bits per heavy atom. The van der Waals surface area contributed by atoms with Gasteiger partial charge in [-0.3, -0.25) is 19.6 Å². The van der Waals surface area contributed by atoms with Gasteiger partial charge in [-0.25, -0.2) is 5.01 Å². The van der Waals surface area contributed by atoms with Crippen molar-refractivity contribution in [1.29, 1.82) is 0 Å². The van der Waals surface area contributed by atoms with Crippen LogP contribution in [0.4, 0.5) is 0 Å². The van der Waals surface area contributed by atoms with Crippen LogP contribution in [-0.2, 0) is 0 Å². The van der Waals surface area contributed by atoms with Crippen LogP contribution in [0.5, 0.6) is 0 Å². The van der Waals surface area contributed by atoms with Crippen molar-refractivity contribution in [3.05, 3.63) is 53.1 Å². The van der Waals surface area contributed by atoms with Crippen LogP contribution in [0.2, 0.25) is 0 Å². The molecule has 1 aromatic heterocycles. The molecule has 0 N–H and O–H groups in total. The fourth-order valence-electron chi connectivity index (χ4n) is 2.64. The third-order valence-electron chi connectivity index (χ3n) is 3.66. The summed E-state index contributed by atoms with van der Waals surface area (Å²) in [5.74, 6) is -0.306. The Hall–Kier alpha value is -2.27. The third-order valence-corrected chi connectivity index (χ3v) is 3.66. The summed E-state index contributed by atoms with van der Waals surface area (Å²) in [7, 11) is 3.68. The molecule has 1 aromatic rings. The Kier molecular flexibility index (Phi) is 2.79. The second kappa shape index (κ2) is 4.38. The lowest BCUT2D eigenvalue weighted by atomic mass is 9.81. The van der Waals surface area contributed by atoms with Gasteiger partial charge in [-0.1, -0.05) is 13.0 Å². The van der Waals surface area contributed by atoms with Gasteiger partial charge in [-0.05, 0) is 6.07 Å². The highest BCUT2D eigenvalue weighted by Gasteiger charge is 2.38. The molecule has 5 heteroatoms. The molecule has 0 fully saturated rings. The predicted molar refractivity (Wildman–Crippen MR) is 73.8 cm³/mol. The molecule has 0 bridgehead atoms. The first-order valence-electron chi connectivity index (χ1n) is 6.44. The first kappa shape index (κ1) is 12.7. The van der Waals surface area contributed by atoms with Crippen molar-refractivity contribution in [3.8, 4) is 0 Å². The maximum absolute atomic E-state index is 12.7. The third kappa shape index (κ3) is 1.63. The van der Waals surface area contributed by atoms with Crippen molar-refractivity contribution >= 4 is 11.6 Å². The molecule has 0 amide bonds. The molecule has 2 heterocycles. The zero-order valence-electron chi connectivity index (χ0n) is 11.6. The normalized spacial score (nSPS) is 21.4. The maximum atomic E-state index is 12.7. The number of pyridine rings is 1. The van der Waals surface area contributed by atoms with Crippen LogP contribution in [0.1, 0.15) is 27.6 Å². The smallest absolute Gasteiger partial charge is 0.212 e. The van der Waals surface area contributed by atoms with Crippen molar-refractivity contribution in [2.45, 2.75) is 6.92 Å². The van der Waals surface area contributed by atoms with E-state index in [4.69, 9.17) is 0 Å². The van der Waals surface area contributed by atoms with Gasteiger partial charge in [0.1, 0.15) is 5.70 Å². The van der Waals surface area contributed by atoms with E-state index in [2.05, 4.69) is 4.98 Å². The topological polar surface area (TPSA) is 53.5 Å². The van der Waals surface area contributed by atoms with Gasteiger partial charge in [-0.2, -0.15) is 0 Å². The molecule has 102 valence electrons. The monoisotopic (exact) mass is 269 g/mol. The Labute approximate surface area is 117 Å².